The number of nitrogens with one attached hydrogen (secondary N) is 2. The summed E-state index contributed by atoms with van der Waals surface area (Å²) < 4.78 is 5.67. The summed E-state index contributed by atoms with van der Waals surface area (Å²) in [5, 5.41) is 9.88. The maximum absolute atomic E-state index is 5.67. The number of hydrogen-bond donors (Lipinski definition) is 2. The van der Waals surface area contributed by atoms with Crippen molar-refractivity contribution in [3.63, 3.8) is 0 Å². The molecule has 0 spiro atoms. The van der Waals surface area contributed by atoms with Gasteiger partial charge in [0, 0.05) is 12.7 Å². The minimum absolute atomic E-state index is 0.366. The third kappa shape index (κ3) is 2.21. The second-order valence-electron chi connectivity index (χ2n) is 3.51. The van der Waals surface area contributed by atoms with Gasteiger partial charge in [-0.2, -0.15) is 5.10 Å². The highest BCUT2D eigenvalue weighted by molar-refractivity contribution is 5.37. The molecule has 2 heterocycles. The summed E-state index contributed by atoms with van der Waals surface area (Å²) in [6.45, 7) is 3.00. The monoisotopic (exact) mass is 181 g/mol. The van der Waals surface area contributed by atoms with Crippen molar-refractivity contribution in [1.82, 2.24) is 10.2 Å². The molecule has 0 amide bonds. The molecule has 0 radical (unpaired) electrons. The zero-order chi connectivity index (χ0) is 9.10. The highest BCUT2D eigenvalue weighted by atomic mass is 16.5. The molecule has 1 aliphatic heterocycles. The van der Waals surface area contributed by atoms with Gasteiger partial charge in [0.1, 0.15) is 0 Å². The molecule has 1 fully saturated rings. The van der Waals surface area contributed by atoms with E-state index >= 15 is 0 Å². The molecule has 13 heavy (non-hydrogen) atoms. The summed E-state index contributed by atoms with van der Waals surface area (Å²) in [5.41, 5.74) is 1.03. The van der Waals surface area contributed by atoms with Crippen LogP contribution in [0, 0.1) is 0 Å². The molecule has 0 aliphatic carbocycles. The number of hydrogen-bond acceptors (Lipinski definition) is 3. The van der Waals surface area contributed by atoms with Gasteiger partial charge in [0.05, 0.1) is 24.1 Å². The molecule has 2 unspecified atom stereocenters. The Hall–Kier alpha value is -1.03. The van der Waals surface area contributed by atoms with Gasteiger partial charge in [-0.1, -0.05) is 0 Å². The third-order valence-corrected chi connectivity index (χ3v) is 2.35. The molecule has 72 valence electrons. The van der Waals surface area contributed by atoms with Crippen LogP contribution >= 0.6 is 0 Å². The molecule has 1 aromatic heterocycles. The van der Waals surface area contributed by atoms with Gasteiger partial charge >= 0.3 is 0 Å². The lowest BCUT2D eigenvalue weighted by atomic mass is 10.2. The first-order valence-corrected chi connectivity index (χ1v) is 4.72. The van der Waals surface area contributed by atoms with Crippen LogP contribution < -0.4 is 5.32 Å². The Balaban J connectivity index is 1.74. The minimum atomic E-state index is 0.366. The smallest absolute Gasteiger partial charge is 0.0751 e. The molecule has 2 atom stereocenters. The molecular formula is C9H15N3O. The standard InChI is InChI=1S/C9H15N3O/c1-7-2-3-9(13-7)6-10-8-4-11-12-5-8/h4-5,7,9-10H,2-3,6H2,1H3,(H,11,12). The Labute approximate surface area is 77.7 Å². The molecule has 1 aliphatic rings. The zero-order valence-corrected chi connectivity index (χ0v) is 7.79. The van der Waals surface area contributed by atoms with Crippen LogP contribution in [0.2, 0.25) is 0 Å². The van der Waals surface area contributed by atoms with Crippen LogP contribution in [0.4, 0.5) is 5.69 Å². The van der Waals surface area contributed by atoms with E-state index in [9.17, 15) is 0 Å². The largest absolute Gasteiger partial charge is 0.380 e. The van der Waals surface area contributed by atoms with E-state index in [1.165, 1.54) is 6.42 Å². The summed E-state index contributed by atoms with van der Waals surface area (Å²) in [5.74, 6) is 0. The molecule has 2 rings (SSSR count). The molecule has 0 bridgehead atoms. The quantitative estimate of drug-likeness (QED) is 0.740. The summed E-state index contributed by atoms with van der Waals surface area (Å²) in [4.78, 5) is 0. The van der Waals surface area contributed by atoms with E-state index in [0.29, 0.717) is 12.2 Å². The van der Waals surface area contributed by atoms with E-state index in [2.05, 4.69) is 22.4 Å². The average Bonchev–Trinajstić information content (AvgIpc) is 2.71. The fraction of sp³-hybridized carbons (Fsp3) is 0.667. The van der Waals surface area contributed by atoms with Crippen molar-refractivity contribution in [3.05, 3.63) is 12.4 Å². The first-order chi connectivity index (χ1) is 6.34. The Bertz CT molecular complexity index is 247. The van der Waals surface area contributed by atoms with Crippen molar-refractivity contribution in [3.8, 4) is 0 Å². The van der Waals surface area contributed by atoms with Crippen LogP contribution in [0.15, 0.2) is 12.4 Å². The first-order valence-electron chi connectivity index (χ1n) is 4.72. The van der Waals surface area contributed by atoms with Gasteiger partial charge in [0.25, 0.3) is 0 Å². The van der Waals surface area contributed by atoms with E-state index in [1.807, 2.05) is 6.20 Å². The van der Waals surface area contributed by atoms with Gasteiger partial charge in [0.2, 0.25) is 0 Å². The number of rotatable bonds is 3. The number of aromatic amines is 1. The lowest BCUT2D eigenvalue weighted by molar-refractivity contribution is 0.0637. The SMILES string of the molecule is CC1CCC(CNc2cn[nH]c2)O1. The van der Waals surface area contributed by atoms with Gasteiger partial charge in [-0.25, -0.2) is 0 Å². The summed E-state index contributed by atoms with van der Waals surface area (Å²) in [7, 11) is 0. The van der Waals surface area contributed by atoms with Crippen molar-refractivity contribution in [1.29, 1.82) is 0 Å². The lowest BCUT2D eigenvalue weighted by Crippen LogP contribution is -2.19. The fourth-order valence-corrected chi connectivity index (χ4v) is 1.61. The number of aromatic nitrogens is 2. The molecule has 4 heteroatoms. The minimum Gasteiger partial charge on any atom is -0.380 e. The summed E-state index contributed by atoms with van der Waals surface area (Å²) in [6, 6.07) is 0. The Morgan fingerprint density at radius 2 is 2.62 bits per heavy atom. The summed E-state index contributed by atoms with van der Waals surface area (Å²) in [6.07, 6.45) is 6.75. The maximum atomic E-state index is 5.67. The highest BCUT2D eigenvalue weighted by Crippen LogP contribution is 2.19. The molecule has 0 aromatic carbocycles. The normalized spacial score (nSPS) is 27.8. The van der Waals surface area contributed by atoms with Crippen LogP contribution in [-0.2, 0) is 4.74 Å². The second-order valence-corrected chi connectivity index (χ2v) is 3.51. The molecule has 1 aromatic rings. The highest BCUT2D eigenvalue weighted by Gasteiger charge is 2.21. The van der Waals surface area contributed by atoms with Crippen LogP contribution in [-0.4, -0.2) is 29.0 Å². The topological polar surface area (TPSA) is 49.9 Å². The average molecular weight is 181 g/mol. The van der Waals surface area contributed by atoms with Gasteiger partial charge in [-0.15, -0.1) is 0 Å². The Morgan fingerprint density at radius 3 is 3.23 bits per heavy atom. The number of nitrogens with zero attached hydrogens (tertiary/aromatic N) is 1. The van der Waals surface area contributed by atoms with Gasteiger partial charge in [-0.05, 0) is 19.8 Å². The third-order valence-electron chi connectivity index (χ3n) is 2.35. The Morgan fingerprint density at radius 1 is 1.69 bits per heavy atom. The van der Waals surface area contributed by atoms with Gasteiger partial charge in [0.15, 0.2) is 0 Å². The molecule has 0 saturated carbocycles. The van der Waals surface area contributed by atoms with Crippen LogP contribution in [0.3, 0.4) is 0 Å². The van der Waals surface area contributed by atoms with Crippen molar-refractivity contribution >= 4 is 5.69 Å². The number of anilines is 1. The Kier molecular flexibility index (Phi) is 2.49. The van der Waals surface area contributed by atoms with E-state index in [1.54, 1.807) is 6.20 Å². The molecule has 2 N–H and O–H groups in total. The van der Waals surface area contributed by atoms with Crippen molar-refractivity contribution in [2.75, 3.05) is 11.9 Å². The molecule has 4 nitrogen and oxygen atoms in total. The number of H-pyrrole nitrogens is 1. The van der Waals surface area contributed by atoms with Crippen molar-refractivity contribution in [2.24, 2.45) is 0 Å². The van der Waals surface area contributed by atoms with Crippen LogP contribution in [0.1, 0.15) is 19.8 Å². The van der Waals surface area contributed by atoms with Crippen LogP contribution in [0.5, 0.6) is 0 Å². The van der Waals surface area contributed by atoms with E-state index < -0.39 is 0 Å². The van der Waals surface area contributed by atoms with Crippen LogP contribution in [0.25, 0.3) is 0 Å². The molecular weight excluding hydrogens is 166 g/mol. The predicted octanol–water partition coefficient (Wildman–Crippen LogP) is 1.39. The second kappa shape index (κ2) is 3.79. The molecule has 1 saturated heterocycles. The van der Waals surface area contributed by atoms with E-state index in [0.717, 1.165) is 18.7 Å². The van der Waals surface area contributed by atoms with Crippen molar-refractivity contribution < 1.29 is 4.74 Å². The van der Waals surface area contributed by atoms with Gasteiger partial charge in [-0.3, -0.25) is 5.10 Å². The first kappa shape index (κ1) is 8.56. The zero-order valence-electron chi connectivity index (χ0n) is 7.79. The summed E-state index contributed by atoms with van der Waals surface area (Å²) >= 11 is 0. The maximum Gasteiger partial charge on any atom is 0.0751 e. The predicted molar refractivity (Wildman–Crippen MR) is 50.6 cm³/mol. The van der Waals surface area contributed by atoms with E-state index in [4.69, 9.17) is 4.74 Å². The van der Waals surface area contributed by atoms with E-state index in [-0.39, 0.29) is 0 Å². The van der Waals surface area contributed by atoms with Crippen molar-refractivity contribution in [2.45, 2.75) is 32.0 Å². The fourth-order valence-electron chi connectivity index (χ4n) is 1.61. The number of ether oxygens (including phenoxy) is 1. The van der Waals surface area contributed by atoms with Gasteiger partial charge < -0.3 is 10.1 Å². The lowest BCUT2D eigenvalue weighted by Gasteiger charge is -2.11.